The molecule has 1 aromatic heterocycles. The quantitative estimate of drug-likeness (QED) is 0.587. The number of hydrogen-bond acceptors (Lipinski definition) is 5. The normalized spacial score (nSPS) is 10.2. The van der Waals surface area contributed by atoms with Crippen LogP contribution in [0.3, 0.4) is 0 Å². The standard InChI is InChI=1S/C12H11ClFN5O/c13-8-3-7(1-2-9(8)14)4-17-12(20)10-5-16-6-11(18-10)19-15/h1-3,5-6H,4,15H2,(H,17,20)(H,18,19). The monoisotopic (exact) mass is 295 g/mol. The number of aromatic nitrogens is 2. The van der Waals surface area contributed by atoms with Gasteiger partial charge in [0.2, 0.25) is 0 Å². The van der Waals surface area contributed by atoms with Crippen LogP contribution in [0, 0.1) is 5.82 Å². The number of benzene rings is 1. The van der Waals surface area contributed by atoms with Gasteiger partial charge in [-0.25, -0.2) is 15.2 Å². The minimum Gasteiger partial charge on any atom is -0.347 e. The van der Waals surface area contributed by atoms with Crippen molar-refractivity contribution in [3.8, 4) is 0 Å². The first-order valence-electron chi connectivity index (χ1n) is 5.61. The molecule has 0 aliphatic carbocycles. The lowest BCUT2D eigenvalue weighted by molar-refractivity contribution is 0.0945. The van der Waals surface area contributed by atoms with Crippen LogP contribution in [0.2, 0.25) is 5.02 Å². The third-order valence-corrected chi connectivity index (χ3v) is 2.74. The molecule has 104 valence electrons. The van der Waals surface area contributed by atoms with Crippen molar-refractivity contribution < 1.29 is 9.18 Å². The van der Waals surface area contributed by atoms with Gasteiger partial charge in [-0.15, -0.1) is 0 Å². The van der Waals surface area contributed by atoms with E-state index in [2.05, 4.69) is 20.7 Å². The average molecular weight is 296 g/mol. The first kappa shape index (κ1) is 14.2. The lowest BCUT2D eigenvalue weighted by Crippen LogP contribution is -2.24. The molecule has 0 fully saturated rings. The summed E-state index contributed by atoms with van der Waals surface area (Å²) >= 11 is 5.65. The van der Waals surface area contributed by atoms with E-state index in [-0.39, 0.29) is 23.1 Å². The van der Waals surface area contributed by atoms with E-state index < -0.39 is 11.7 Å². The maximum absolute atomic E-state index is 13.0. The fraction of sp³-hybridized carbons (Fsp3) is 0.0833. The molecule has 0 unspecified atom stereocenters. The number of hydrogen-bond donors (Lipinski definition) is 3. The van der Waals surface area contributed by atoms with Gasteiger partial charge >= 0.3 is 0 Å². The summed E-state index contributed by atoms with van der Waals surface area (Å²) in [5, 5.41) is 2.63. The van der Waals surface area contributed by atoms with Gasteiger partial charge in [-0.1, -0.05) is 17.7 Å². The van der Waals surface area contributed by atoms with Crippen molar-refractivity contribution in [2.45, 2.75) is 6.54 Å². The van der Waals surface area contributed by atoms with Gasteiger partial charge in [-0.05, 0) is 17.7 Å². The van der Waals surface area contributed by atoms with E-state index >= 15 is 0 Å². The Kier molecular flexibility index (Phi) is 4.44. The molecule has 0 bridgehead atoms. The van der Waals surface area contributed by atoms with Gasteiger partial charge in [0.05, 0.1) is 17.4 Å². The van der Waals surface area contributed by atoms with Crippen LogP contribution >= 0.6 is 11.6 Å². The van der Waals surface area contributed by atoms with Crippen molar-refractivity contribution in [1.29, 1.82) is 0 Å². The number of amides is 1. The van der Waals surface area contributed by atoms with Gasteiger partial charge in [0, 0.05) is 6.54 Å². The number of halogens is 2. The van der Waals surface area contributed by atoms with Crippen LogP contribution < -0.4 is 16.6 Å². The van der Waals surface area contributed by atoms with Crippen molar-refractivity contribution >= 4 is 23.3 Å². The largest absolute Gasteiger partial charge is 0.347 e. The molecule has 2 aromatic rings. The third kappa shape index (κ3) is 3.40. The fourth-order valence-electron chi connectivity index (χ4n) is 1.47. The van der Waals surface area contributed by atoms with Crippen molar-refractivity contribution in [2.75, 3.05) is 5.43 Å². The first-order valence-corrected chi connectivity index (χ1v) is 5.98. The minimum absolute atomic E-state index is 0.00543. The maximum atomic E-state index is 13.0. The highest BCUT2D eigenvalue weighted by atomic mass is 35.5. The molecular weight excluding hydrogens is 285 g/mol. The number of nitrogens with zero attached hydrogens (tertiary/aromatic N) is 2. The predicted octanol–water partition coefficient (Wildman–Crippen LogP) is 1.48. The molecule has 6 nitrogen and oxygen atoms in total. The Morgan fingerprint density at radius 1 is 1.40 bits per heavy atom. The van der Waals surface area contributed by atoms with Gasteiger partial charge < -0.3 is 10.7 Å². The van der Waals surface area contributed by atoms with Crippen LogP contribution in [0.25, 0.3) is 0 Å². The van der Waals surface area contributed by atoms with E-state index in [1.54, 1.807) is 0 Å². The fourth-order valence-corrected chi connectivity index (χ4v) is 1.67. The minimum atomic E-state index is -0.505. The molecule has 0 aliphatic rings. The zero-order chi connectivity index (χ0) is 14.5. The number of carbonyl (C=O) groups is 1. The molecule has 8 heteroatoms. The summed E-state index contributed by atoms with van der Waals surface area (Å²) in [6, 6.07) is 4.22. The topological polar surface area (TPSA) is 92.9 Å². The smallest absolute Gasteiger partial charge is 0.271 e. The summed E-state index contributed by atoms with van der Waals surface area (Å²) in [7, 11) is 0. The lowest BCUT2D eigenvalue weighted by Gasteiger charge is -2.06. The predicted molar refractivity (Wildman–Crippen MR) is 72.4 cm³/mol. The lowest BCUT2D eigenvalue weighted by atomic mass is 10.2. The summed E-state index contributed by atoms with van der Waals surface area (Å²) in [6.45, 7) is 0.195. The third-order valence-electron chi connectivity index (χ3n) is 2.45. The average Bonchev–Trinajstić information content (AvgIpc) is 2.48. The van der Waals surface area contributed by atoms with Crippen molar-refractivity contribution in [2.24, 2.45) is 5.84 Å². The molecule has 0 saturated carbocycles. The Hall–Kier alpha value is -2.25. The van der Waals surface area contributed by atoms with E-state index in [1.165, 1.54) is 30.6 Å². The highest BCUT2D eigenvalue weighted by molar-refractivity contribution is 6.30. The van der Waals surface area contributed by atoms with Crippen molar-refractivity contribution in [3.63, 3.8) is 0 Å². The maximum Gasteiger partial charge on any atom is 0.271 e. The molecule has 1 heterocycles. The van der Waals surface area contributed by atoms with Gasteiger partial charge in [0.25, 0.3) is 5.91 Å². The second kappa shape index (κ2) is 6.27. The second-order valence-corrected chi connectivity index (χ2v) is 4.27. The van der Waals surface area contributed by atoms with E-state index in [0.717, 1.165) is 0 Å². The molecule has 1 amide bonds. The zero-order valence-corrected chi connectivity index (χ0v) is 11.0. The molecule has 0 atom stereocenters. The first-order chi connectivity index (χ1) is 9.60. The SMILES string of the molecule is NNc1cncc(C(=O)NCc2ccc(F)c(Cl)c2)n1. The highest BCUT2D eigenvalue weighted by Crippen LogP contribution is 2.15. The molecule has 0 saturated heterocycles. The highest BCUT2D eigenvalue weighted by Gasteiger charge is 2.09. The van der Waals surface area contributed by atoms with Gasteiger partial charge in [0.15, 0.2) is 5.82 Å². The number of nitrogen functional groups attached to an aromatic ring is 1. The van der Waals surface area contributed by atoms with Crippen LogP contribution in [0.15, 0.2) is 30.6 Å². The number of rotatable bonds is 4. The van der Waals surface area contributed by atoms with E-state index in [9.17, 15) is 9.18 Å². The zero-order valence-electron chi connectivity index (χ0n) is 10.2. The second-order valence-electron chi connectivity index (χ2n) is 3.87. The van der Waals surface area contributed by atoms with E-state index in [0.29, 0.717) is 5.56 Å². The van der Waals surface area contributed by atoms with Crippen LogP contribution in [0.4, 0.5) is 10.2 Å². The van der Waals surface area contributed by atoms with Crippen LogP contribution in [0.5, 0.6) is 0 Å². The summed E-state index contributed by atoms with van der Waals surface area (Å²) in [5.74, 6) is 4.53. The number of hydrazine groups is 1. The Morgan fingerprint density at radius 3 is 2.90 bits per heavy atom. The Labute approximate surface area is 119 Å². The van der Waals surface area contributed by atoms with Crippen LogP contribution in [0.1, 0.15) is 16.1 Å². The molecule has 0 radical (unpaired) electrons. The summed E-state index contributed by atoms with van der Waals surface area (Å²) in [4.78, 5) is 19.6. The van der Waals surface area contributed by atoms with Crippen molar-refractivity contribution in [3.05, 3.63) is 52.7 Å². The summed E-state index contributed by atoms with van der Waals surface area (Å²) in [5.41, 5.74) is 3.09. The summed E-state index contributed by atoms with van der Waals surface area (Å²) < 4.78 is 13.0. The van der Waals surface area contributed by atoms with E-state index in [1.807, 2.05) is 0 Å². The number of nitrogens with one attached hydrogen (secondary N) is 2. The Bertz CT molecular complexity index is 637. The van der Waals surface area contributed by atoms with Crippen LogP contribution in [-0.4, -0.2) is 15.9 Å². The molecule has 1 aromatic carbocycles. The molecular formula is C12H11ClFN5O. The van der Waals surface area contributed by atoms with Crippen molar-refractivity contribution in [1.82, 2.24) is 15.3 Å². The molecule has 0 aliphatic heterocycles. The Morgan fingerprint density at radius 2 is 2.20 bits per heavy atom. The van der Waals surface area contributed by atoms with E-state index in [4.69, 9.17) is 17.4 Å². The van der Waals surface area contributed by atoms with Gasteiger partial charge in [-0.2, -0.15) is 0 Å². The van der Waals surface area contributed by atoms with Gasteiger partial charge in [0.1, 0.15) is 11.5 Å². The molecule has 20 heavy (non-hydrogen) atoms. The number of nitrogens with two attached hydrogens (primary N) is 1. The van der Waals surface area contributed by atoms with Gasteiger partial charge in [-0.3, -0.25) is 9.78 Å². The summed E-state index contributed by atoms with van der Waals surface area (Å²) in [6.07, 6.45) is 2.70. The Balaban J connectivity index is 2.02. The molecule has 0 spiro atoms. The molecule has 4 N–H and O–H groups in total. The molecule has 2 rings (SSSR count). The number of anilines is 1. The van der Waals surface area contributed by atoms with Crippen LogP contribution in [-0.2, 0) is 6.54 Å². The number of carbonyl (C=O) groups excluding carboxylic acids is 1.